The van der Waals surface area contributed by atoms with E-state index in [1.807, 2.05) is 6.92 Å². The van der Waals surface area contributed by atoms with Gasteiger partial charge in [-0.2, -0.15) is 0 Å². The SMILES string of the molecule is COC(OC)C(C)NC(=O)c1ccc2c(c1)OCCO2. The van der Waals surface area contributed by atoms with Gasteiger partial charge in [0.25, 0.3) is 5.91 Å². The molecule has 20 heavy (non-hydrogen) atoms. The topological polar surface area (TPSA) is 66.0 Å². The number of ether oxygens (including phenoxy) is 4. The fourth-order valence-corrected chi connectivity index (χ4v) is 2.05. The second-order valence-corrected chi connectivity index (χ2v) is 4.46. The molecule has 1 aliphatic rings. The average molecular weight is 281 g/mol. The fraction of sp³-hybridized carbons (Fsp3) is 0.500. The Bertz CT molecular complexity index is 473. The Morgan fingerprint density at radius 1 is 1.20 bits per heavy atom. The molecule has 0 radical (unpaired) electrons. The molecule has 0 saturated carbocycles. The van der Waals surface area contributed by atoms with E-state index in [9.17, 15) is 4.79 Å². The summed E-state index contributed by atoms with van der Waals surface area (Å²) in [6, 6.07) is 4.83. The molecule has 1 aliphatic heterocycles. The molecule has 6 heteroatoms. The molecular formula is C14H19NO5. The van der Waals surface area contributed by atoms with E-state index in [0.717, 1.165) is 0 Å². The van der Waals surface area contributed by atoms with E-state index in [-0.39, 0.29) is 11.9 Å². The Morgan fingerprint density at radius 3 is 2.50 bits per heavy atom. The van der Waals surface area contributed by atoms with Crippen molar-refractivity contribution in [2.45, 2.75) is 19.3 Å². The lowest BCUT2D eigenvalue weighted by atomic mass is 10.1. The molecule has 0 aliphatic carbocycles. The van der Waals surface area contributed by atoms with Gasteiger partial charge in [-0.3, -0.25) is 4.79 Å². The normalized spacial score (nSPS) is 15.0. The van der Waals surface area contributed by atoms with Gasteiger partial charge in [0.1, 0.15) is 13.2 Å². The Morgan fingerprint density at radius 2 is 1.85 bits per heavy atom. The third-order valence-electron chi connectivity index (χ3n) is 3.04. The number of nitrogens with one attached hydrogen (secondary N) is 1. The van der Waals surface area contributed by atoms with Crippen LogP contribution < -0.4 is 14.8 Å². The lowest BCUT2D eigenvalue weighted by Crippen LogP contribution is -2.42. The lowest BCUT2D eigenvalue weighted by molar-refractivity contribution is -0.117. The van der Waals surface area contributed by atoms with Crippen LogP contribution in [-0.4, -0.2) is 45.7 Å². The summed E-state index contributed by atoms with van der Waals surface area (Å²) < 4.78 is 21.1. The molecular weight excluding hydrogens is 262 g/mol. The zero-order valence-corrected chi connectivity index (χ0v) is 11.8. The minimum atomic E-state index is -0.490. The molecule has 0 saturated heterocycles. The number of hydrogen-bond acceptors (Lipinski definition) is 5. The molecule has 0 spiro atoms. The molecule has 1 aromatic rings. The van der Waals surface area contributed by atoms with Gasteiger partial charge in [0.2, 0.25) is 0 Å². The first-order chi connectivity index (χ1) is 9.65. The van der Waals surface area contributed by atoms with Crippen LogP contribution in [0.1, 0.15) is 17.3 Å². The van der Waals surface area contributed by atoms with Crippen molar-refractivity contribution in [3.63, 3.8) is 0 Å². The second kappa shape index (κ2) is 6.58. The van der Waals surface area contributed by atoms with Crippen LogP contribution in [0.5, 0.6) is 11.5 Å². The molecule has 0 bridgehead atoms. The van der Waals surface area contributed by atoms with Crippen LogP contribution in [0, 0.1) is 0 Å². The van der Waals surface area contributed by atoms with Crippen molar-refractivity contribution in [1.82, 2.24) is 5.32 Å². The van der Waals surface area contributed by atoms with Gasteiger partial charge < -0.3 is 24.3 Å². The molecule has 1 amide bonds. The van der Waals surface area contributed by atoms with E-state index in [1.54, 1.807) is 18.2 Å². The molecule has 1 unspecified atom stereocenters. The van der Waals surface area contributed by atoms with E-state index < -0.39 is 6.29 Å². The van der Waals surface area contributed by atoms with Crippen molar-refractivity contribution in [3.05, 3.63) is 23.8 Å². The number of carbonyl (C=O) groups excluding carboxylic acids is 1. The van der Waals surface area contributed by atoms with Crippen molar-refractivity contribution in [2.24, 2.45) is 0 Å². The van der Waals surface area contributed by atoms with E-state index in [1.165, 1.54) is 14.2 Å². The number of hydrogen-bond donors (Lipinski definition) is 1. The first kappa shape index (κ1) is 14.6. The van der Waals surface area contributed by atoms with Crippen molar-refractivity contribution in [3.8, 4) is 11.5 Å². The van der Waals surface area contributed by atoms with Gasteiger partial charge >= 0.3 is 0 Å². The third kappa shape index (κ3) is 3.20. The highest BCUT2D eigenvalue weighted by atomic mass is 16.7. The van der Waals surface area contributed by atoms with Crippen LogP contribution in [0.4, 0.5) is 0 Å². The smallest absolute Gasteiger partial charge is 0.251 e. The van der Waals surface area contributed by atoms with E-state index in [0.29, 0.717) is 30.3 Å². The van der Waals surface area contributed by atoms with Crippen LogP contribution in [0.25, 0.3) is 0 Å². The Labute approximate surface area is 118 Å². The number of methoxy groups -OCH3 is 2. The van der Waals surface area contributed by atoms with E-state index in [4.69, 9.17) is 18.9 Å². The van der Waals surface area contributed by atoms with Crippen LogP contribution >= 0.6 is 0 Å². The predicted octanol–water partition coefficient (Wildman–Crippen LogP) is 1.19. The number of rotatable bonds is 5. The predicted molar refractivity (Wildman–Crippen MR) is 72.2 cm³/mol. The van der Waals surface area contributed by atoms with Gasteiger partial charge in [-0.05, 0) is 25.1 Å². The van der Waals surface area contributed by atoms with Crippen molar-refractivity contribution in [1.29, 1.82) is 0 Å². The van der Waals surface area contributed by atoms with E-state index in [2.05, 4.69) is 5.32 Å². The summed E-state index contributed by atoms with van der Waals surface area (Å²) in [6.07, 6.45) is -0.490. The Kier molecular flexibility index (Phi) is 4.81. The summed E-state index contributed by atoms with van der Waals surface area (Å²) in [5.74, 6) is 1.03. The highest BCUT2D eigenvalue weighted by Gasteiger charge is 2.20. The molecule has 0 aromatic heterocycles. The van der Waals surface area contributed by atoms with Crippen molar-refractivity contribution in [2.75, 3.05) is 27.4 Å². The fourth-order valence-electron chi connectivity index (χ4n) is 2.05. The van der Waals surface area contributed by atoms with Crippen molar-refractivity contribution < 1.29 is 23.7 Å². The van der Waals surface area contributed by atoms with Gasteiger partial charge in [0, 0.05) is 19.8 Å². The monoisotopic (exact) mass is 281 g/mol. The highest BCUT2D eigenvalue weighted by molar-refractivity contribution is 5.95. The molecule has 1 aromatic carbocycles. The summed E-state index contributed by atoms with van der Waals surface area (Å²) >= 11 is 0. The number of amides is 1. The largest absolute Gasteiger partial charge is 0.486 e. The zero-order chi connectivity index (χ0) is 14.5. The second-order valence-electron chi connectivity index (χ2n) is 4.46. The van der Waals surface area contributed by atoms with Gasteiger partial charge in [-0.15, -0.1) is 0 Å². The van der Waals surface area contributed by atoms with Gasteiger partial charge in [-0.1, -0.05) is 0 Å². The quantitative estimate of drug-likeness (QED) is 0.821. The summed E-state index contributed by atoms with van der Waals surface area (Å²) in [5, 5.41) is 2.82. The van der Waals surface area contributed by atoms with Crippen LogP contribution in [0.2, 0.25) is 0 Å². The average Bonchev–Trinajstić information content (AvgIpc) is 2.48. The molecule has 1 atom stereocenters. The summed E-state index contributed by atoms with van der Waals surface area (Å²) in [6.45, 7) is 2.83. The first-order valence-corrected chi connectivity index (χ1v) is 6.42. The Hall–Kier alpha value is -1.79. The van der Waals surface area contributed by atoms with Gasteiger partial charge in [-0.25, -0.2) is 0 Å². The number of fused-ring (bicyclic) bond motifs is 1. The minimum absolute atomic E-state index is 0.214. The number of benzene rings is 1. The summed E-state index contributed by atoms with van der Waals surface area (Å²) in [5.41, 5.74) is 0.507. The highest BCUT2D eigenvalue weighted by Crippen LogP contribution is 2.30. The van der Waals surface area contributed by atoms with E-state index >= 15 is 0 Å². The third-order valence-corrected chi connectivity index (χ3v) is 3.04. The Balaban J connectivity index is 2.05. The van der Waals surface area contributed by atoms with Crippen LogP contribution in [-0.2, 0) is 9.47 Å². The van der Waals surface area contributed by atoms with Crippen molar-refractivity contribution >= 4 is 5.91 Å². The zero-order valence-electron chi connectivity index (χ0n) is 11.8. The van der Waals surface area contributed by atoms with Crippen LogP contribution in [0.15, 0.2) is 18.2 Å². The first-order valence-electron chi connectivity index (χ1n) is 6.42. The molecule has 2 rings (SSSR count). The molecule has 6 nitrogen and oxygen atoms in total. The maximum Gasteiger partial charge on any atom is 0.251 e. The number of carbonyl (C=O) groups is 1. The molecule has 110 valence electrons. The molecule has 1 heterocycles. The summed E-state index contributed by atoms with van der Waals surface area (Å²) in [7, 11) is 3.06. The molecule has 0 fully saturated rings. The minimum Gasteiger partial charge on any atom is -0.486 e. The maximum atomic E-state index is 12.2. The van der Waals surface area contributed by atoms with Gasteiger partial charge in [0.05, 0.1) is 6.04 Å². The molecule has 1 N–H and O–H groups in total. The lowest BCUT2D eigenvalue weighted by Gasteiger charge is -2.23. The standard InChI is InChI=1S/C14H19NO5/c1-9(14(17-2)18-3)15-13(16)10-4-5-11-12(8-10)20-7-6-19-11/h4-5,8-9,14H,6-7H2,1-3H3,(H,15,16). The van der Waals surface area contributed by atoms with Crippen LogP contribution in [0.3, 0.4) is 0 Å². The summed E-state index contributed by atoms with van der Waals surface area (Å²) in [4.78, 5) is 12.2. The van der Waals surface area contributed by atoms with Gasteiger partial charge in [0.15, 0.2) is 17.8 Å². The maximum absolute atomic E-state index is 12.2.